The number of aldehydes is 1. The third kappa shape index (κ3) is 3.35. The van der Waals surface area contributed by atoms with Crippen molar-refractivity contribution < 1.29 is 14.3 Å². The highest BCUT2D eigenvalue weighted by molar-refractivity contribution is 5.83. The van der Waals surface area contributed by atoms with Gasteiger partial charge in [0.2, 0.25) is 0 Å². The van der Waals surface area contributed by atoms with E-state index in [4.69, 9.17) is 4.74 Å². The van der Waals surface area contributed by atoms with Crippen molar-refractivity contribution in [1.82, 2.24) is 0 Å². The molecule has 84 valence electrons. The first kappa shape index (κ1) is 12.2. The second kappa shape index (κ2) is 5.26. The highest BCUT2D eigenvalue weighted by Crippen LogP contribution is 2.15. The largest absolute Gasteiger partial charge is 0.448 e. The van der Waals surface area contributed by atoms with Crippen LogP contribution >= 0.6 is 0 Å². The van der Waals surface area contributed by atoms with Crippen LogP contribution in [0, 0.1) is 0 Å². The molecule has 0 aliphatic rings. The third-order valence-corrected chi connectivity index (χ3v) is 2.15. The summed E-state index contributed by atoms with van der Waals surface area (Å²) in [5.41, 5.74) is -0.193. The Labute approximate surface area is 94.7 Å². The van der Waals surface area contributed by atoms with Gasteiger partial charge in [0.1, 0.15) is 0 Å². The molecular weight excluding hydrogens is 204 g/mol. The molecule has 16 heavy (non-hydrogen) atoms. The zero-order valence-corrected chi connectivity index (χ0v) is 9.18. The SMILES string of the molecule is C=CC(=O)OC(C)(C=O)Cc1ccccc1. The van der Waals surface area contributed by atoms with Crippen LogP contribution < -0.4 is 0 Å². The Kier molecular flexibility index (Phi) is 4.00. The van der Waals surface area contributed by atoms with Gasteiger partial charge in [-0.25, -0.2) is 4.79 Å². The van der Waals surface area contributed by atoms with Gasteiger partial charge in [-0.2, -0.15) is 0 Å². The Morgan fingerprint density at radius 3 is 2.56 bits per heavy atom. The molecule has 1 rings (SSSR count). The summed E-state index contributed by atoms with van der Waals surface area (Å²) in [7, 11) is 0. The lowest BCUT2D eigenvalue weighted by Gasteiger charge is -2.22. The van der Waals surface area contributed by atoms with E-state index in [0.29, 0.717) is 12.7 Å². The number of hydrogen-bond acceptors (Lipinski definition) is 3. The van der Waals surface area contributed by atoms with Crippen molar-refractivity contribution in [2.75, 3.05) is 0 Å². The van der Waals surface area contributed by atoms with Gasteiger partial charge in [0.25, 0.3) is 0 Å². The minimum absolute atomic E-state index is 0.358. The molecule has 1 atom stereocenters. The van der Waals surface area contributed by atoms with E-state index in [-0.39, 0.29) is 0 Å². The van der Waals surface area contributed by atoms with Crippen LogP contribution in [-0.2, 0) is 20.7 Å². The van der Waals surface area contributed by atoms with Gasteiger partial charge < -0.3 is 4.74 Å². The summed E-state index contributed by atoms with van der Waals surface area (Å²) < 4.78 is 5.02. The average Bonchev–Trinajstić information content (AvgIpc) is 2.30. The van der Waals surface area contributed by atoms with Crippen LogP contribution in [0.5, 0.6) is 0 Å². The quantitative estimate of drug-likeness (QED) is 0.431. The molecule has 0 amide bonds. The van der Waals surface area contributed by atoms with Gasteiger partial charge >= 0.3 is 5.97 Å². The van der Waals surface area contributed by atoms with E-state index >= 15 is 0 Å². The molecule has 0 N–H and O–H groups in total. The van der Waals surface area contributed by atoms with Gasteiger partial charge in [-0.1, -0.05) is 36.9 Å². The number of benzene rings is 1. The summed E-state index contributed by atoms with van der Waals surface area (Å²) in [6, 6.07) is 9.39. The molecule has 1 unspecified atom stereocenters. The summed E-state index contributed by atoms with van der Waals surface area (Å²) in [5, 5.41) is 0. The number of rotatable bonds is 5. The van der Waals surface area contributed by atoms with Crippen molar-refractivity contribution in [1.29, 1.82) is 0 Å². The first-order valence-corrected chi connectivity index (χ1v) is 4.95. The standard InChI is InChI=1S/C13H14O3/c1-3-12(15)16-13(2,10-14)9-11-7-5-4-6-8-11/h3-8,10H,1,9H2,2H3. The first-order chi connectivity index (χ1) is 7.59. The van der Waals surface area contributed by atoms with E-state index in [2.05, 4.69) is 6.58 Å². The molecule has 3 nitrogen and oxygen atoms in total. The van der Waals surface area contributed by atoms with E-state index in [0.717, 1.165) is 11.6 Å². The fourth-order valence-corrected chi connectivity index (χ4v) is 1.37. The molecule has 0 saturated heterocycles. The lowest BCUT2D eigenvalue weighted by atomic mass is 9.98. The molecular formula is C13H14O3. The lowest BCUT2D eigenvalue weighted by molar-refractivity contribution is -0.155. The van der Waals surface area contributed by atoms with Gasteiger partial charge in [0.15, 0.2) is 11.9 Å². The molecule has 0 spiro atoms. The number of carbonyl (C=O) groups is 2. The van der Waals surface area contributed by atoms with Crippen LogP contribution in [0.15, 0.2) is 43.0 Å². The summed E-state index contributed by atoms with van der Waals surface area (Å²) >= 11 is 0. The third-order valence-electron chi connectivity index (χ3n) is 2.15. The molecule has 0 fully saturated rings. The van der Waals surface area contributed by atoms with Crippen LogP contribution in [0.1, 0.15) is 12.5 Å². The number of esters is 1. The molecule has 0 aliphatic carbocycles. The molecule has 1 aromatic carbocycles. The fourth-order valence-electron chi connectivity index (χ4n) is 1.37. The van der Waals surface area contributed by atoms with Gasteiger partial charge in [-0.05, 0) is 12.5 Å². The Morgan fingerprint density at radius 2 is 2.06 bits per heavy atom. The Balaban J connectivity index is 2.77. The summed E-state index contributed by atoms with van der Waals surface area (Å²) in [5.74, 6) is -0.592. The highest BCUT2D eigenvalue weighted by Gasteiger charge is 2.27. The monoisotopic (exact) mass is 218 g/mol. The maximum absolute atomic E-state index is 11.1. The smallest absolute Gasteiger partial charge is 0.331 e. The van der Waals surface area contributed by atoms with Crippen LogP contribution in [0.3, 0.4) is 0 Å². The molecule has 0 aromatic heterocycles. The predicted octanol–water partition coefficient (Wildman–Crippen LogP) is 1.92. The second-order valence-electron chi connectivity index (χ2n) is 3.72. The number of carbonyl (C=O) groups excluding carboxylic acids is 2. The maximum atomic E-state index is 11.1. The van der Waals surface area contributed by atoms with Crippen molar-refractivity contribution >= 4 is 12.3 Å². The Morgan fingerprint density at radius 1 is 1.44 bits per heavy atom. The van der Waals surface area contributed by atoms with Crippen molar-refractivity contribution in [3.8, 4) is 0 Å². The predicted molar refractivity (Wildman–Crippen MR) is 60.9 cm³/mol. The van der Waals surface area contributed by atoms with Crippen molar-refractivity contribution in [3.05, 3.63) is 48.6 Å². The van der Waals surface area contributed by atoms with E-state index in [9.17, 15) is 9.59 Å². The van der Waals surface area contributed by atoms with Crippen LogP contribution in [0.4, 0.5) is 0 Å². The zero-order chi connectivity index (χ0) is 12.0. The molecule has 0 aliphatic heterocycles. The van der Waals surface area contributed by atoms with Gasteiger partial charge in [-0.3, -0.25) is 4.79 Å². The summed E-state index contributed by atoms with van der Waals surface area (Å²) in [6.45, 7) is 4.87. The molecule has 3 heteroatoms. The molecule has 0 saturated carbocycles. The van der Waals surface area contributed by atoms with E-state index in [1.165, 1.54) is 0 Å². The Bertz CT molecular complexity index is 383. The minimum Gasteiger partial charge on any atom is -0.448 e. The molecule has 0 bridgehead atoms. The first-order valence-electron chi connectivity index (χ1n) is 4.95. The van der Waals surface area contributed by atoms with Crippen molar-refractivity contribution in [3.63, 3.8) is 0 Å². The Hall–Kier alpha value is -1.90. The van der Waals surface area contributed by atoms with E-state index in [1.54, 1.807) is 6.92 Å². The molecule has 0 radical (unpaired) electrons. The molecule has 0 heterocycles. The van der Waals surface area contributed by atoms with Gasteiger partial charge in [0, 0.05) is 12.5 Å². The maximum Gasteiger partial charge on any atom is 0.331 e. The molecule has 1 aromatic rings. The fraction of sp³-hybridized carbons (Fsp3) is 0.231. The second-order valence-corrected chi connectivity index (χ2v) is 3.72. The van der Waals surface area contributed by atoms with E-state index < -0.39 is 11.6 Å². The van der Waals surface area contributed by atoms with Crippen LogP contribution in [0.2, 0.25) is 0 Å². The normalized spacial score (nSPS) is 13.6. The van der Waals surface area contributed by atoms with Crippen molar-refractivity contribution in [2.24, 2.45) is 0 Å². The lowest BCUT2D eigenvalue weighted by Crippen LogP contribution is -2.35. The number of ether oxygens (including phenoxy) is 1. The topological polar surface area (TPSA) is 43.4 Å². The van der Waals surface area contributed by atoms with Gasteiger partial charge in [-0.15, -0.1) is 0 Å². The summed E-state index contributed by atoms with van der Waals surface area (Å²) in [6.07, 6.45) is 2.05. The van der Waals surface area contributed by atoms with E-state index in [1.807, 2.05) is 30.3 Å². The summed E-state index contributed by atoms with van der Waals surface area (Å²) in [4.78, 5) is 22.0. The average molecular weight is 218 g/mol. The minimum atomic E-state index is -1.13. The zero-order valence-electron chi connectivity index (χ0n) is 9.18. The number of hydrogen-bond donors (Lipinski definition) is 0. The highest BCUT2D eigenvalue weighted by atomic mass is 16.6. The van der Waals surface area contributed by atoms with Crippen molar-refractivity contribution in [2.45, 2.75) is 18.9 Å². The van der Waals surface area contributed by atoms with Crippen LogP contribution in [0.25, 0.3) is 0 Å². The van der Waals surface area contributed by atoms with Crippen LogP contribution in [-0.4, -0.2) is 17.9 Å². The van der Waals surface area contributed by atoms with Gasteiger partial charge in [0.05, 0.1) is 0 Å².